The highest BCUT2D eigenvalue weighted by Crippen LogP contribution is 2.38. The van der Waals surface area contributed by atoms with Crippen LogP contribution < -0.4 is 15.5 Å². The maximum atomic E-state index is 13.5. The molecule has 4 aromatic carbocycles. The van der Waals surface area contributed by atoms with Crippen LogP contribution in [0.25, 0.3) is 0 Å². The van der Waals surface area contributed by atoms with Crippen LogP contribution in [-0.4, -0.2) is 17.7 Å². The summed E-state index contributed by atoms with van der Waals surface area (Å²) in [7, 11) is 0. The monoisotopic (exact) mass is 545 g/mol. The van der Waals surface area contributed by atoms with Crippen LogP contribution in [-0.2, 0) is 9.59 Å². The first-order chi connectivity index (χ1) is 18.8. The van der Waals surface area contributed by atoms with Gasteiger partial charge in [0.05, 0.1) is 5.69 Å². The molecule has 0 saturated heterocycles. The molecule has 0 atom stereocenters. The van der Waals surface area contributed by atoms with E-state index in [-0.39, 0.29) is 21.9 Å². The highest BCUT2D eigenvalue weighted by atomic mass is 32.2. The van der Waals surface area contributed by atoms with Gasteiger partial charge in [0.25, 0.3) is 17.7 Å². The molecule has 6 nitrogen and oxygen atoms in total. The third kappa shape index (κ3) is 5.70. The number of rotatable bonds is 7. The highest BCUT2D eigenvalue weighted by Gasteiger charge is 2.40. The summed E-state index contributed by atoms with van der Waals surface area (Å²) in [6.45, 7) is 0. The molecule has 2 N–H and O–H groups in total. The zero-order valence-corrected chi connectivity index (χ0v) is 20.8. The summed E-state index contributed by atoms with van der Waals surface area (Å²) in [5.74, 6) is -3.21. The maximum absolute atomic E-state index is 13.5. The number of nitrogens with one attached hydrogen (secondary N) is 2. The molecular weight excluding hydrogens is 527 g/mol. The van der Waals surface area contributed by atoms with Gasteiger partial charge in [-0.2, -0.15) is 0 Å². The maximum Gasteiger partial charge on any atom is 0.283 e. The van der Waals surface area contributed by atoms with E-state index in [1.54, 1.807) is 24.3 Å². The Labute approximate surface area is 225 Å². The van der Waals surface area contributed by atoms with Gasteiger partial charge in [-0.15, -0.1) is 0 Å². The molecule has 10 heteroatoms. The van der Waals surface area contributed by atoms with Gasteiger partial charge < -0.3 is 10.6 Å². The van der Waals surface area contributed by atoms with E-state index in [0.717, 1.165) is 28.8 Å². The molecule has 0 aromatic heterocycles. The average Bonchev–Trinajstić information content (AvgIpc) is 3.15. The largest absolute Gasteiger partial charge is 0.350 e. The number of hydrogen-bond donors (Lipinski definition) is 2. The molecule has 1 aliphatic rings. The van der Waals surface area contributed by atoms with Gasteiger partial charge in [-0.25, -0.2) is 18.1 Å². The van der Waals surface area contributed by atoms with Gasteiger partial charge in [0.1, 0.15) is 28.1 Å². The summed E-state index contributed by atoms with van der Waals surface area (Å²) in [6, 6.07) is 21.9. The van der Waals surface area contributed by atoms with Crippen molar-refractivity contribution in [2.45, 2.75) is 4.90 Å². The summed E-state index contributed by atoms with van der Waals surface area (Å²) in [5.41, 5.74) is 1.19. The van der Waals surface area contributed by atoms with Crippen molar-refractivity contribution in [2.24, 2.45) is 0 Å². The number of anilines is 3. The topological polar surface area (TPSA) is 78.5 Å². The Hall–Kier alpha value is -4.83. The van der Waals surface area contributed by atoms with Gasteiger partial charge in [0, 0.05) is 21.8 Å². The Kier molecular flexibility index (Phi) is 7.20. The van der Waals surface area contributed by atoms with Gasteiger partial charge >= 0.3 is 0 Å². The first kappa shape index (κ1) is 25.8. The summed E-state index contributed by atoms with van der Waals surface area (Å²) in [6.07, 6.45) is 0. The quantitative estimate of drug-likeness (QED) is 0.265. The molecule has 5 rings (SSSR count). The van der Waals surface area contributed by atoms with Crippen molar-refractivity contribution >= 4 is 46.5 Å². The zero-order chi connectivity index (χ0) is 27.5. The number of carbonyl (C=O) groups is 3. The molecule has 1 aliphatic heterocycles. The van der Waals surface area contributed by atoms with Crippen LogP contribution in [0.15, 0.2) is 113 Å². The van der Waals surface area contributed by atoms with Crippen molar-refractivity contribution in [1.29, 1.82) is 0 Å². The molecule has 0 fully saturated rings. The number of thioether (sulfide) groups is 1. The molecule has 1 heterocycles. The van der Waals surface area contributed by atoms with E-state index in [2.05, 4.69) is 10.6 Å². The van der Waals surface area contributed by atoms with Crippen LogP contribution in [0.5, 0.6) is 0 Å². The van der Waals surface area contributed by atoms with Gasteiger partial charge in [0.15, 0.2) is 0 Å². The van der Waals surface area contributed by atoms with E-state index in [4.69, 9.17) is 0 Å². The number of amides is 3. The third-order valence-electron chi connectivity index (χ3n) is 5.66. The minimum atomic E-state index is -0.667. The fraction of sp³-hybridized carbons (Fsp3) is 0. The van der Waals surface area contributed by atoms with Crippen LogP contribution in [0.2, 0.25) is 0 Å². The van der Waals surface area contributed by atoms with E-state index in [1.807, 2.05) is 0 Å². The van der Waals surface area contributed by atoms with Crippen molar-refractivity contribution in [3.63, 3.8) is 0 Å². The Balaban J connectivity index is 1.44. The molecule has 39 heavy (non-hydrogen) atoms. The second kappa shape index (κ2) is 10.9. The highest BCUT2D eigenvalue weighted by molar-refractivity contribution is 8.04. The molecule has 3 amide bonds. The van der Waals surface area contributed by atoms with E-state index >= 15 is 0 Å². The lowest BCUT2D eigenvalue weighted by Crippen LogP contribution is -2.32. The number of carbonyl (C=O) groups excluding carboxylic acids is 3. The van der Waals surface area contributed by atoms with E-state index in [1.165, 1.54) is 60.7 Å². The predicted octanol–water partition coefficient (Wildman–Crippen LogP) is 6.35. The first-order valence-corrected chi connectivity index (χ1v) is 12.4. The Morgan fingerprint density at radius 3 is 1.92 bits per heavy atom. The standard InChI is InChI=1S/C29H18F3N3O3S/c30-18-6-4-17(5-7-18)27(36)34-22-2-1-3-24(16-22)39-26-25(33-21-12-8-19(31)9-13-21)28(37)35(29(26)38)23-14-10-20(32)11-15-23/h1-16,33H,(H,34,36). The second-order valence-corrected chi connectivity index (χ2v) is 9.43. The molecule has 0 radical (unpaired) electrons. The molecule has 4 aromatic rings. The van der Waals surface area contributed by atoms with Gasteiger partial charge in [-0.05, 0) is 91.0 Å². The molecule has 0 spiro atoms. The average molecular weight is 546 g/mol. The molecule has 0 unspecified atom stereocenters. The second-order valence-electron chi connectivity index (χ2n) is 8.35. The molecule has 194 valence electrons. The summed E-state index contributed by atoms with van der Waals surface area (Å²) in [5, 5.41) is 5.63. The van der Waals surface area contributed by atoms with Crippen molar-refractivity contribution in [2.75, 3.05) is 15.5 Å². The van der Waals surface area contributed by atoms with Gasteiger partial charge in [0.2, 0.25) is 0 Å². The van der Waals surface area contributed by atoms with Crippen molar-refractivity contribution in [1.82, 2.24) is 0 Å². The predicted molar refractivity (Wildman–Crippen MR) is 143 cm³/mol. The summed E-state index contributed by atoms with van der Waals surface area (Å²) >= 11 is 0.990. The minimum absolute atomic E-state index is 0.0401. The number of imide groups is 1. The van der Waals surface area contributed by atoms with Crippen molar-refractivity contribution in [3.05, 3.63) is 131 Å². The lowest BCUT2D eigenvalue weighted by Gasteiger charge is -2.15. The van der Waals surface area contributed by atoms with Crippen LogP contribution in [0.1, 0.15) is 10.4 Å². The zero-order valence-electron chi connectivity index (χ0n) is 20.0. The van der Waals surface area contributed by atoms with E-state index in [0.29, 0.717) is 16.3 Å². The molecule has 0 aliphatic carbocycles. The Bertz CT molecular complexity index is 1610. The molecule has 0 saturated carbocycles. The SMILES string of the molecule is O=C(Nc1cccc(SC2=C(Nc3ccc(F)cc3)C(=O)N(c3ccc(F)cc3)C2=O)c1)c1ccc(F)cc1. The minimum Gasteiger partial charge on any atom is -0.350 e. The van der Waals surface area contributed by atoms with Gasteiger partial charge in [-0.3, -0.25) is 14.4 Å². The lowest BCUT2D eigenvalue weighted by molar-refractivity contribution is -0.120. The fourth-order valence-electron chi connectivity index (χ4n) is 3.78. The smallest absolute Gasteiger partial charge is 0.283 e. The number of halogens is 3. The van der Waals surface area contributed by atoms with E-state index < -0.39 is 35.2 Å². The third-order valence-corrected chi connectivity index (χ3v) is 6.73. The normalized spacial score (nSPS) is 13.2. The van der Waals surface area contributed by atoms with Crippen molar-refractivity contribution in [3.8, 4) is 0 Å². The fourth-order valence-corrected chi connectivity index (χ4v) is 4.76. The number of benzene rings is 4. The first-order valence-electron chi connectivity index (χ1n) is 11.5. The number of hydrogen-bond acceptors (Lipinski definition) is 5. The van der Waals surface area contributed by atoms with Crippen LogP contribution in [0, 0.1) is 17.5 Å². The Morgan fingerprint density at radius 1 is 0.692 bits per heavy atom. The summed E-state index contributed by atoms with van der Waals surface area (Å²) in [4.78, 5) is 40.9. The Morgan fingerprint density at radius 2 is 1.28 bits per heavy atom. The van der Waals surface area contributed by atoms with Gasteiger partial charge in [-0.1, -0.05) is 17.8 Å². The lowest BCUT2D eigenvalue weighted by atomic mass is 10.2. The molecular formula is C29H18F3N3O3S. The van der Waals surface area contributed by atoms with Crippen molar-refractivity contribution < 1.29 is 27.6 Å². The number of nitrogens with zero attached hydrogens (tertiary/aromatic N) is 1. The van der Waals surface area contributed by atoms with Crippen LogP contribution in [0.3, 0.4) is 0 Å². The summed E-state index contributed by atoms with van der Waals surface area (Å²) < 4.78 is 40.1. The van der Waals surface area contributed by atoms with Crippen LogP contribution >= 0.6 is 11.8 Å². The molecule has 0 bridgehead atoms. The van der Waals surface area contributed by atoms with E-state index in [9.17, 15) is 27.6 Å². The van der Waals surface area contributed by atoms with Crippen LogP contribution in [0.4, 0.5) is 30.2 Å².